The molecule has 2 aromatic carbocycles. The third-order valence-electron chi connectivity index (χ3n) is 4.95. The molecule has 7 heteroatoms. The number of fused-ring (bicyclic) bond motifs is 1. The van der Waals surface area contributed by atoms with Crippen molar-refractivity contribution in [1.82, 2.24) is 9.88 Å². The van der Waals surface area contributed by atoms with Crippen molar-refractivity contribution >= 4 is 38.3 Å². The number of methoxy groups -OCH3 is 1. The summed E-state index contributed by atoms with van der Waals surface area (Å²) < 4.78 is 6.24. The van der Waals surface area contributed by atoms with Crippen LogP contribution < -0.4 is 15.0 Å². The molecule has 146 valence electrons. The van der Waals surface area contributed by atoms with E-state index in [0.29, 0.717) is 11.7 Å². The number of aromatic nitrogens is 1. The molecule has 0 atom stereocenters. The highest BCUT2D eigenvalue weighted by molar-refractivity contribution is 7.22. The molecular formula is C21H24N4O2S. The lowest BCUT2D eigenvalue weighted by molar-refractivity contribution is -0.117. The highest BCUT2D eigenvalue weighted by Gasteiger charge is 2.20. The number of aryl methyl sites for hydroxylation is 1. The summed E-state index contributed by atoms with van der Waals surface area (Å²) in [5.41, 5.74) is 3.40. The Morgan fingerprint density at radius 2 is 2.00 bits per heavy atom. The first-order valence-electron chi connectivity index (χ1n) is 9.39. The third kappa shape index (κ3) is 4.26. The SMILES string of the molecule is COc1ccc2nc(NC(=O)CN3CCN(c4cccc(C)c4)CC3)sc2c1. The number of rotatable bonds is 5. The summed E-state index contributed by atoms with van der Waals surface area (Å²) >= 11 is 1.47. The molecule has 1 aliphatic rings. The summed E-state index contributed by atoms with van der Waals surface area (Å²) in [6, 6.07) is 14.3. The molecule has 4 rings (SSSR count). The molecule has 28 heavy (non-hydrogen) atoms. The lowest BCUT2D eigenvalue weighted by Crippen LogP contribution is -2.48. The van der Waals surface area contributed by atoms with Gasteiger partial charge in [0.15, 0.2) is 5.13 Å². The second-order valence-electron chi connectivity index (χ2n) is 7.00. The van der Waals surface area contributed by atoms with Crippen molar-refractivity contribution in [2.45, 2.75) is 6.92 Å². The van der Waals surface area contributed by atoms with Crippen molar-refractivity contribution in [2.75, 3.05) is 50.1 Å². The first kappa shape index (κ1) is 18.7. The highest BCUT2D eigenvalue weighted by atomic mass is 32.1. The standard InChI is InChI=1S/C21H24N4O2S/c1-15-4-3-5-16(12-15)25-10-8-24(9-11-25)14-20(26)23-21-22-18-7-6-17(27-2)13-19(18)28-21/h3-7,12-13H,8-11,14H2,1-2H3,(H,22,23,26). The second-order valence-corrected chi connectivity index (χ2v) is 8.03. The number of hydrogen-bond donors (Lipinski definition) is 1. The van der Waals surface area contributed by atoms with E-state index < -0.39 is 0 Å². The number of piperazine rings is 1. The van der Waals surface area contributed by atoms with E-state index in [1.807, 2.05) is 18.2 Å². The monoisotopic (exact) mass is 396 g/mol. The van der Waals surface area contributed by atoms with Crippen LogP contribution in [0.15, 0.2) is 42.5 Å². The number of thiazole rings is 1. The topological polar surface area (TPSA) is 57.7 Å². The minimum absolute atomic E-state index is 0.0185. The molecule has 3 aromatic rings. The number of nitrogens with one attached hydrogen (secondary N) is 1. The van der Waals surface area contributed by atoms with Crippen LogP contribution in [0, 0.1) is 6.92 Å². The molecule has 0 aliphatic carbocycles. The van der Waals surface area contributed by atoms with Crippen LogP contribution >= 0.6 is 11.3 Å². The Balaban J connectivity index is 1.31. The van der Waals surface area contributed by atoms with Crippen molar-refractivity contribution in [2.24, 2.45) is 0 Å². The van der Waals surface area contributed by atoms with Crippen LogP contribution in [0.2, 0.25) is 0 Å². The van der Waals surface area contributed by atoms with Crippen LogP contribution in [0.1, 0.15) is 5.56 Å². The van der Waals surface area contributed by atoms with E-state index in [1.54, 1.807) is 7.11 Å². The minimum Gasteiger partial charge on any atom is -0.497 e. The van der Waals surface area contributed by atoms with Crippen molar-refractivity contribution in [3.05, 3.63) is 48.0 Å². The highest BCUT2D eigenvalue weighted by Crippen LogP contribution is 2.29. The first-order chi connectivity index (χ1) is 13.6. The molecule has 1 saturated heterocycles. The van der Waals surface area contributed by atoms with Crippen LogP contribution in [-0.2, 0) is 4.79 Å². The predicted molar refractivity (Wildman–Crippen MR) is 115 cm³/mol. The maximum absolute atomic E-state index is 12.5. The summed E-state index contributed by atoms with van der Waals surface area (Å²) in [4.78, 5) is 21.5. The van der Waals surface area contributed by atoms with Gasteiger partial charge in [-0.2, -0.15) is 0 Å². The number of benzene rings is 2. The summed E-state index contributed by atoms with van der Waals surface area (Å²) in [6.45, 7) is 6.11. The minimum atomic E-state index is -0.0185. The Morgan fingerprint density at radius 1 is 1.18 bits per heavy atom. The van der Waals surface area contributed by atoms with Crippen LogP contribution in [0.3, 0.4) is 0 Å². The van der Waals surface area contributed by atoms with Gasteiger partial charge in [-0.25, -0.2) is 4.98 Å². The van der Waals surface area contributed by atoms with E-state index in [0.717, 1.165) is 42.1 Å². The molecule has 1 N–H and O–H groups in total. The van der Waals surface area contributed by atoms with Gasteiger partial charge in [0, 0.05) is 31.9 Å². The average molecular weight is 397 g/mol. The lowest BCUT2D eigenvalue weighted by atomic mass is 10.2. The number of anilines is 2. The predicted octanol–water partition coefficient (Wildman–Crippen LogP) is 3.37. The van der Waals surface area contributed by atoms with E-state index in [1.165, 1.54) is 22.6 Å². The van der Waals surface area contributed by atoms with Crippen LogP contribution in [0.5, 0.6) is 5.75 Å². The van der Waals surface area contributed by atoms with Gasteiger partial charge in [-0.1, -0.05) is 23.5 Å². The number of hydrogen-bond acceptors (Lipinski definition) is 6. The second kappa shape index (κ2) is 8.16. The van der Waals surface area contributed by atoms with Crippen molar-refractivity contribution < 1.29 is 9.53 Å². The van der Waals surface area contributed by atoms with Crippen LogP contribution in [0.25, 0.3) is 10.2 Å². The average Bonchev–Trinajstić information content (AvgIpc) is 3.09. The summed E-state index contributed by atoms with van der Waals surface area (Å²) in [7, 11) is 1.64. The lowest BCUT2D eigenvalue weighted by Gasteiger charge is -2.35. The first-order valence-corrected chi connectivity index (χ1v) is 10.2. The van der Waals surface area contributed by atoms with Crippen LogP contribution in [-0.4, -0.2) is 55.6 Å². The fraction of sp³-hybridized carbons (Fsp3) is 0.333. The summed E-state index contributed by atoms with van der Waals surface area (Å²) in [5.74, 6) is 0.774. The Morgan fingerprint density at radius 3 is 2.75 bits per heavy atom. The molecule has 6 nitrogen and oxygen atoms in total. The zero-order chi connectivity index (χ0) is 19.5. The molecule has 2 heterocycles. The fourth-order valence-electron chi connectivity index (χ4n) is 3.44. The fourth-order valence-corrected chi connectivity index (χ4v) is 4.35. The molecule has 0 saturated carbocycles. The normalized spacial score (nSPS) is 15.0. The molecule has 1 aromatic heterocycles. The van der Waals surface area contributed by atoms with Crippen molar-refractivity contribution in [3.8, 4) is 5.75 Å². The van der Waals surface area contributed by atoms with E-state index in [-0.39, 0.29) is 5.91 Å². The largest absolute Gasteiger partial charge is 0.497 e. The van der Waals surface area contributed by atoms with Gasteiger partial charge in [-0.3, -0.25) is 9.69 Å². The molecule has 0 unspecified atom stereocenters. The maximum Gasteiger partial charge on any atom is 0.240 e. The Labute approximate surface area is 168 Å². The van der Waals surface area contributed by atoms with E-state index >= 15 is 0 Å². The molecule has 1 amide bonds. The quantitative estimate of drug-likeness (QED) is 0.717. The Bertz CT molecular complexity index is 979. The third-order valence-corrected chi connectivity index (χ3v) is 5.88. The molecule has 0 bridgehead atoms. The molecule has 0 radical (unpaired) electrons. The number of carbonyl (C=O) groups is 1. The van der Waals surface area contributed by atoms with Gasteiger partial charge in [0.2, 0.25) is 5.91 Å². The number of nitrogens with zero attached hydrogens (tertiary/aromatic N) is 3. The van der Waals surface area contributed by atoms with Gasteiger partial charge in [0.05, 0.1) is 23.9 Å². The summed E-state index contributed by atoms with van der Waals surface area (Å²) in [6.07, 6.45) is 0. The van der Waals surface area contributed by atoms with E-state index in [2.05, 4.69) is 51.3 Å². The van der Waals surface area contributed by atoms with Crippen molar-refractivity contribution in [1.29, 1.82) is 0 Å². The van der Waals surface area contributed by atoms with E-state index in [4.69, 9.17) is 4.74 Å². The number of ether oxygens (including phenoxy) is 1. The smallest absolute Gasteiger partial charge is 0.240 e. The number of carbonyl (C=O) groups excluding carboxylic acids is 1. The Kier molecular flexibility index (Phi) is 5.45. The van der Waals surface area contributed by atoms with Gasteiger partial charge < -0.3 is 15.0 Å². The van der Waals surface area contributed by atoms with Gasteiger partial charge >= 0.3 is 0 Å². The van der Waals surface area contributed by atoms with Gasteiger partial charge in [-0.15, -0.1) is 0 Å². The summed E-state index contributed by atoms with van der Waals surface area (Å²) in [5, 5.41) is 3.57. The van der Waals surface area contributed by atoms with Gasteiger partial charge in [-0.05, 0) is 42.8 Å². The molecule has 1 aliphatic heterocycles. The zero-order valence-electron chi connectivity index (χ0n) is 16.1. The molecule has 1 fully saturated rings. The zero-order valence-corrected chi connectivity index (χ0v) is 17.0. The van der Waals surface area contributed by atoms with Crippen molar-refractivity contribution in [3.63, 3.8) is 0 Å². The van der Waals surface area contributed by atoms with Crippen LogP contribution in [0.4, 0.5) is 10.8 Å². The van der Waals surface area contributed by atoms with E-state index in [9.17, 15) is 4.79 Å². The Hall–Kier alpha value is -2.64. The molecular weight excluding hydrogens is 372 g/mol. The van der Waals surface area contributed by atoms with Gasteiger partial charge in [0.25, 0.3) is 0 Å². The maximum atomic E-state index is 12.5. The number of amides is 1. The molecule has 0 spiro atoms. The van der Waals surface area contributed by atoms with Gasteiger partial charge in [0.1, 0.15) is 5.75 Å².